The summed E-state index contributed by atoms with van der Waals surface area (Å²) >= 11 is 0. The Labute approximate surface area is 167 Å². The van der Waals surface area contributed by atoms with Crippen LogP contribution in [0, 0.1) is 0 Å². The number of hydrogen-bond acceptors (Lipinski definition) is 4. The van der Waals surface area contributed by atoms with Gasteiger partial charge in [0, 0.05) is 56.2 Å². The number of nitrogens with zero attached hydrogens (tertiary/aromatic N) is 2. The van der Waals surface area contributed by atoms with Gasteiger partial charge in [0.05, 0.1) is 0 Å². The first-order valence-electron chi connectivity index (χ1n) is 9.98. The van der Waals surface area contributed by atoms with Crippen LogP contribution in [0.4, 0.5) is 0 Å². The number of fused-ring (bicyclic) bond motifs is 1. The fraction of sp³-hybridized carbons (Fsp3) is 0.292. The third-order valence-corrected chi connectivity index (χ3v) is 5.22. The van der Waals surface area contributed by atoms with Crippen molar-refractivity contribution in [3.63, 3.8) is 0 Å². The molecule has 0 bridgehead atoms. The molecule has 0 fully saturated rings. The standard InChI is InChI=1S/C24H27N3O/c1-2-9-23-18-27(14-11-21(23)7-1)15-13-26-17-22-8-3-4-10-24(22)28-19-20-6-5-12-25-16-20/h1-10,12,16,26H,11,13-15,17-19H2. The van der Waals surface area contributed by atoms with Crippen LogP contribution in [0.3, 0.4) is 0 Å². The van der Waals surface area contributed by atoms with Gasteiger partial charge >= 0.3 is 0 Å². The molecular formula is C24H27N3O. The summed E-state index contributed by atoms with van der Waals surface area (Å²) in [5, 5.41) is 3.58. The van der Waals surface area contributed by atoms with Crippen LogP contribution in [-0.2, 0) is 26.1 Å². The lowest BCUT2D eigenvalue weighted by atomic mass is 10.00. The quantitative estimate of drug-likeness (QED) is 0.610. The zero-order chi connectivity index (χ0) is 19.0. The van der Waals surface area contributed by atoms with E-state index in [1.807, 2.05) is 30.5 Å². The Balaban J connectivity index is 1.24. The summed E-state index contributed by atoms with van der Waals surface area (Å²) in [5.74, 6) is 0.936. The average molecular weight is 374 g/mol. The topological polar surface area (TPSA) is 37.4 Å². The monoisotopic (exact) mass is 373 g/mol. The zero-order valence-corrected chi connectivity index (χ0v) is 16.2. The number of para-hydroxylation sites is 1. The van der Waals surface area contributed by atoms with Gasteiger partial charge < -0.3 is 10.1 Å². The van der Waals surface area contributed by atoms with Crippen molar-refractivity contribution in [3.05, 3.63) is 95.3 Å². The lowest BCUT2D eigenvalue weighted by Gasteiger charge is -2.28. The van der Waals surface area contributed by atoms with E-state index in [0.717, 1.165) is 50.5 Å². The highest BCUT2D eigenvalue weighted by Gasteiger charge is 2.14. The Morgan fingerprint density at radius 3 is 2.71 bits per heavy atom. The maximum Gasteiger partial charge on any atom is 0.124 e. The van der Waals surface area contributed by atoms with Crippen molar-refractivity contribution in [2.24, 2.45) is 0 Å². The molecule has 3 aromatic rings. The Bertz CT molecular complexity index is 882. The molecule has 0 aliphatic carbocycles. The molecule has 2 aromatic carbocycles. The lowest BCUT2D eigenvalue weighted by molar-refractivity contribution is 0.253. The highest BCUT2D eigenvalue weighted by atomic mass is 16.5. The first kappa shape index (κ1) is 18.7. The van der Waals surface area contributed by atoms with Crippen molar-refractivity contribution < 1.29 is 4.74 Å². The lowest BCUT2D eigenvalue weighted by Crippen LogP contribution is -2.36. The van der Waals surface area contributed by atoms with E-state index in [4.69, 9.17) is 4.74 Å². The molecule has 2 heterocycles. The fourth-order valence-corrected chi connectivity index (χ4v) is 3.64. The normalized spacial score (nSPS) is 13.9. The molecule has 0 amide bonds. The van der Waals surface area contributed by atoms with Crippen molar-refractivity contribution in [1.29, 1.82) is 0 Å². The van der Waals surface area contributed by atoms with Gasteiger partial charge in [0.25, 0.3) is 0 Å². The van der Waals surface area contributed by atoms with Crippen LogP contribution in [0.1, 0.15) is 22.3 Å². The molecule has 28 heavy (non-hydrogen) atoms. The second-order valence-corrected chi connectivity index (χ2v) is 7.23. The number of benzene rings is 2. The molecule has 144 valence electrons. The van der Waals surface area contributed by atoms with Gasteiger partial charge in [0.1, 0.15) is 12.4 Å². The van der Waals surface area contributed by atoms with E-state index in [-0.39, 0.29) is 0 Å². The first-order valence-corrected chi connectivity index (χ1v) is 9.98. The third-order valence-electron chi connectivity index (χ3n) is 5.22. The van der Waals surface area contributed by atoms with Gasteiger partial charge in [-0.25, -0.2) is 0 Å². The SMILES string of the molecule is c1cncc(COc2ccccc2CNCCN2CCc3ccccc3C2)c1. The predicted octanol–water partition coefficient (Wildman–Crippen LogP) is 3.81. The minimum atomic E-state index is 0.540. The van der Waals surface area contributed by atoms with E-state index in [0.29, 0.717) is 6.61 Å². The van der Waals surface area contributed by atoms with Gasteiger partial charge in [0.15, 0.2) is 0 Å². The number of ether oxygens (including phenoxy) is 1. The first-order chi connectivity index (χ1) is 13.9. The molecule has 0 radical (unpaired) electrons. The molecule has 0 atom stereocenters. The Hall–Kier alpha value is -2.69. The molecule has 4 rings (SSSR count). The van der Waals surface area contributed by atoms with Gasteiger partial charge in [-0.2, -0.15) is 0 Å². The number of aromatic nitrogens is 1. The van der Waals surface area contributed by atoms with Crippen LogP contribution in [0.2, 0.25) is 0 Å². The Morgan fingerprint density at radius 1 is 0.964 bits per heavy atom. The van der Waals surface area contributed by atoms with E-state index < -0.39 is 0 Å². The van der Waals surface area contributed by atoms with Crippen molar-refractivity contribution in [1.82, 2.24) is 15.2 Å². The number of rotatable bonds is 8. The summed E-state index contributed by atoms with van der Waals surface area (Å²) in [6.07, 6.45) is 4.78. The van der Waals surface area contributed by atoms with Crippen molar-refractivity contribution >= 4 is 0 Å². The maximum absolute atomic E-state index is 6.02. The van der Waals surface area contributed by atoms with Crippen LogP contribution >= 0.6 is 0 Å². The molecule has 1 aromatic heterocycles. The largest absolute Gasteiger partial charge is 0.489 e. The van der Waals surface area contributed by atoms with E-state index in [1.165, 1.54) is 16.7 Å². The number of nitrogens with one attached hydrogen (secondary N) is 1. The van der Waals surface area contributed by atoms with Crippen LogP contribution < -0.4 is 10.1 Å². The molecule has 0 saturated carbocycles. The zero-order valence-electron chi connectivity index (χ0n) is 16.2. The van der Waals surface area contributed by atoms with E-state index in [2.05, 4.69) is 51.6 Å². The molecule has 0 spiro atoms. The summed E-state index contributed by atoms with van der Waals surface area (Å²) < 4.78 is 6.02. The minimum Gasteiger partial charge on any atom is -0.489 e. The van der Waals surface area contributed by atoms with Gasteiger partial charge in [-0.3, -0.25) is 9.88 Å². The van der Waals surface area contributed by atoms with E-state index >= 15 is 0 Å². The number of hydrogen-bond donors (Lipinski definition) is 1. The molecule has 1 aliphatic heterocycles. The number of pyridine rings is 1. The molecule has 0 unspecified atom stereocenters. The van der Waals surface area contributed by atoms with E-state index in [9.17, 15) is 0 Å². The van der Waals surface area contributed by atoms with Gasteiger partial charge in [-0.1, -0.05) is 48.5 Å². The smallest absolute Gasteiger partial charge is 0.124 e. The van der Waals surface area contributed by atoms with Crippen molar-refractivity contribution in [2.45, 2.75) is 26.1 Å². The second kappa shape index (κ2) is 9.49. The predicted molar refractivity (Wildman–Crippen MR) is 112 cm³/mol. The highest BCUT2D eigenvalue weighted by molar-refractivity contribution is 5.33. The second-order valence-electron chi connectivity index (χ2n) is 7.23. The van der Waals surface area contributed by atoms with Crippen molar-refractivity contribution in [3.8, 4) is 5.75 Å². The summed E-state index contributed by atoms with van der Waals surface area (Å²) in [7, 11) is 0. The summed E-state index contributed by atoms with van der Waals surface area (Å²) in [6.45, 7) is 5.59. The summed E-state index contributed by atoms with van der Waals surface area (Å²) in [6, 6.07) is 21.0. The molecule has 1 N–H and O–H groups in total. The Morgan fingerprint density at radius 2 is 1.82 bits per heavy atom. The molecule has 1 aliphatic rings. The summed E-state index contributed by atoms with van der Waals surface area (Å²) in [5.41, 5.74) is 5.25. The molecule has 0 saturated heterocycles. The van der Waals surface area contributed by atoms with Crippen LogP contribution in [0.15, 0.2) is 73.1 Å². The van der Waals surface area contributed by atoms with Gasteiger partial charge in [0.2, 0.25) is 0 Å². The minimum absolute atomic E-state index is 0.540. The molecular weight excluding hydrogens is 346 g/mol. The van der Waals surface area contributed by atoms with Crippen LogP contribution in [0.5, 0.6) is 5.75 Å². The van der Waals surface area contributed by atoms with E-state index in [1.54, 1.807) is 6.20 Å². The molecule has 4 heteroatoms. The maximum atomic E-state index is 6.02. The Kier molecular flexibility index (Phi) is 6.32. The van der Waals surface area contributed by atoms with Crippen LogP contribution in [-0.4, -0.2) is 29.5 Å². The van der Waals surface area contributed by atoms with Gasteiger partial charge in [-0.05, 0) is 29.7 Å². The van der Waals surface area contributed by atoms with Gasteiger partial charge in [-0.15, -0.1) is 0 Å². The fourth-order valence-electron chi connectivity index (χ4n) is 3.64. The average Bonchev–Trinajstić information content (AvgIpc) is 2.76. The molecule has 4 nitrogen and oxygen atoms in total. The van der Waals surface area contributed by atoms with Crippen molar-refractivity contribution in [2.75, 3.05) is 19.6 Å². The highest BCUT2D eigenvalue weighted by Crippen LogP contribution is 2.20. The summed E-state index contributed by atoms with van der Waals surface area (Å²) in [4.78, 5) is 6.67. The van der Waals surface area contributed by atoms with Crippen LogP contribution in [0.25, 0.3) is 0 Å². The third kappa shape index (κ3) is 4.97.